The molecule has 0 fully saturated rings. The van der Waals surface area contributed by atoms with Crippen molar-refractivity contribution in [2.24, 2.45) is 0 Å². The molecule has 1 aliphatic heterocycles. The summed E-state index contributed by atoms with van der Waals surface area (Å²) in [5.74, 6) is 2.74. The van der Waals surface area contributed by atoms with E-state index in [0.29, 0.717) is 66.3 Å². The van der Waals surface area contributed by atoms with E-state index in [1.54, 1.807) is 0 Å². The SMILES string of the molecule is O=C1[13CH2]c2c(OCc3ccccc3)cc(OCc3ccccc3)cc2O[13C@@H]1c1ccc(OCc2ccccc2)c(OCc2ccccc2)c1. The summed E-state index contributed by atoms with van der Waals surface area (Å²) < 4.78 is 31.5. The molecule has 1 aliphatic rings. The number of benzene rings is 6. The molecular formula is C43H36O6. The highest BCUT2D eigenvalue weighted by Crippen LogP contribution is 2.43. The van der Waals surface area contributed by atoms with E-state index in [1.807, 2.05) is 152 Å². The first-order valence-electron chi connectivity index (χ1n) is 16.3. The number of fused-ring (bicyclic) bond motifs is 1. The van der Waals surface area contributed by atoms with Gasteiger partial charge in [-0.05, 0) is 34.4 Å². The predicted molar refractivity (Wildman–Crippen MR) is 188 cm³/mol. The first-order valence-corrected chi connectivity index (χ1v) is 16.3. The molecule has 0 amide bonds. The molecule has 49 heavy (non-hydrogen) atoms. The number of ketones is 1. The molecule has 0 saturated heterocycles. The smallest absolute Gasteiger partial charge is 0.182 e. The van der Waals surface area contributed by atoms with E-state index in [0.717, 1.165) is 22.3 Å². The van der Waals surface area contributed by atoms with Crippen molar-refractivity contribution in [3.05, 3.63) is 185 Å². The molecule has 1 heterocycles. The van der Waals surface area contributed by atoms with Gasteiger partial charge >= 0.3 is 0 Å². The van der Waals surface area contributed by atoms with Gasteiger partial charge in [0, 0.05) is 29.7 Å². The summed E-state index contributed by atoms with van der Waals surface area (Å²) in [5.41, 5.74) is 5.50. The van der Waals surface area contributed by atoms with Crippen LogP contribution in [-0.4, -0.2) is 5.78 Å². The summed E-state index contributed by atoms with van der Waals surface area (Å²) in [7, 11) is 0. The summed E-state index contributed by atoms with van der Waals surface area (Å²) in [5, 5.41) is 0. The molecule has 0 bridgehead atoms. The Bertz CT molecular complexity index is 1980. The van der Waals surface area contributed by atoms with Crippen LogP contribution in [0.4, 0.5) is 0 Å². The zero-order valence-electron chi connectivity index (χ0n) is 27.0. The van der Waals surface area contributed by atoms with Crippen LogP contribution in [-0.2, 0) is 37.6 Å². The van der Waals surface area contributed by atoms with Crippen molar-refractivity contribution in [3.63, 3.8) is 0 Å². The van der Waals surface area contributed by atoms with E-state index in [9.17, 15) is 4.79 Å². The number of carbonyl (C=O) groups is 1. The van der Waals surface area contributed by atoms with Crippen molar-refractivity contribution in [1.29, 1.82) is 0 Å². The Morgan fingerprint density at radius 2 is 0.959 bits per heavy atom. The molecule has 6 aromatic rings. The molecule has 7 rings (SSSR count). The third-order valence-electron chi connectivity index (χ3n) is 8.26. The van der Waals surface area contributed by atoms with Crippen LogP contribution in [0.25, 0.3) is 0 Å². The van der Waals surface area contributed by atoms with E-state index in [1.165, 1.54) is 0 Å². The van der Waals surface area contributed by atoms with Gasteiger partial charge in [-0.25, -0.2) is 0 Å². The molecular weight excluding hydrogens is 614 g/mol. The minimum absolute atomic E-state index is 0.0815. The molecule has 0 spiro atoms. The number of ether oxygens (including phenoxy) is 5. The van der Waals surface area contributed by atoms with Crippen molar-refractivity contribution in [1.82, 2.24) is 0 Å². The lowest BCUT2D eigenvalue weighted by Crippen LogP contribution is -2.26. The van der Waals surface area contributed by atoms with Crippen LogP contribution in [0.15, 0.2) is 152 Å². The van der Waals surface area contributed by atoms with Gasteiger partial charge in [0.25, 0.3) is 0 Å². The summed E-state index contributed by atoms with van der Waals surface area (Å²) in [4.78, 5) is 13.8. The number of rotatable bonds is 13. The van der Waals surface area contributed by atoms with Gasteiger partial charge < -0.3 is 23.7 Å². The first-order chi connectivity index (χ1) is 24.2. The monoisotopic (exact) mass is 650 g/mol. The normalized spacial score (nSPS) is 13.6. The fourth-order valence-electron chi connectivity index (χ4n) is 5.67. The molecule has 6 aromatic carbocycles. The maximum atomic E-state index is 13.8. The van der Waals surface area contributed by atoms with Gasteiger partial charge in [0.15, 0.2) is 23.4 Å². The van der Waals surface area contributed by atoms with Crippen molar-refractivity contribution in [2.75, 3.05) is 0 Å². The summed E-state index contributed by atoms with van der Waals surface area (Å²) >= 11 is 0. The average Bonchev–Trinajstić information content (AvgIpc) is 3.16. The van der Waals surface area contributed by atoms with Crippen LogP contribution in [0.3, 0.4) is 0 Å². The van der Waals surface area contributed by atoms with Crippen molar-refractivity contribution in [2.45, 2.75) is 39.0 Å². The minimum atomic E-state index is -0.846. The van der Waals surface area contributed by atoms with Gasteiger partial charge in [0.2, 0.25) is 0 Å². The second kappa shape index (κ2) is 15.3. The van der Waals surface area contributed by atoms with Crippen LogP contribution < -0.4 is 23.7 Å². The number of Topliss-reactive ketones (excluding diaryl/α,β-unsaturated/α-hetero) is 1. The molecule has 244 valence electrons. The Hall–Kier alpha value is -6.01. The van der Waals surface area contributed by atoms with E-state index >= 15 is 0 Å². The van der Waals surface area contributed by atoms with Gasteiger partial charge in [0.1, 0.15) is 43.7 Å². The van der Waals surface area contributed by atoms with Crippen molar-refractivity contribution in [3.8, 4) is 28.7 Å². The zero-order chi connectivity index (χ0) is 33.3. The first kappa shape index (κ1) is 31.6. The lowest BCUT2D eigenvalue weighted by atomic mass is 10.1. The fraction of sp³-hybridized carbons (Fsp3) is 0.140. The third-order valence-corrected chi connectivity index (χ3v) is 8.26. The van der Waals surface area contributed by atoms with Gasteiger partial charge in [-0.3, -0.25) is 4.79 Å². The van der Waals surface area contributed by atoms with Crippen molar-refractivity contribution >= 4 is 5.78 Å². The molecule has 0 N–H and O–H groups in total. The topological polar surface area (TPSA) is 63.2 Å². The van der Waals surface area contributed by atoms with Crippen LogP contribution in [0.1, 0.15) is 39.5 Å². The standard InChI is InChI=1S/C43H36O6/c44-38-26-37-40(47-29-33-17-9-3-10-18-33)24-36(45-27-31-13-5-1-6-14-31)25-41(37)49-43(38)35-21-22-39(46-28-32-15-7-2-8-16-32)42(23-35)48-30-34-19-11-4-12-20-34/h1-25,43H,26-30H2/t43-/m1/s1/i26+1,43+1. The lowest BCUT2D eigenvalue weighted by molar-refractivity contribution is -0.126. The summed E-state index contributed by atoms with van der Waals surface area (Å²) in [6, 6.07) is 49.0. The van der Waals surface area contributed by atoms with Gasteiger partial charge in [-0.2, -0.15) is 0 Å². The Balaban J connectivity index is 1.16. The predicted octanol–water partition coefficient (Wildman–Crippen LogP) is 9.25. The molecule has 0 aliphatic carbocycles. The fourth-order valence-corrected chi connectivity index (χ4v) is 5.67. The highest BCUT2D eigenvalue weighted by molar-refractivity contribution is 5.90. The van der Waals surface area contributed by atoms with Gasteiger partial charge in [-0.1, -0.05) is 127 Å². The average molecular weight is 651 g/mol. The molecule has 0 aromatic heterocycles. The largest absolute Gasteiger partial charge is 0.489 e. The quantitative estimate of drug-likeness (QED) is 0.116. The Morgan fingerprint density at radius 1 is 0.490 bits per heavy atom. The summed E-state index contributed by atoms with van der Waals surface area (Å²) in [6.45, 7) is 1.45. The maximum absolute atomic E-state index is 13.8. The highest BCUT2D eigenvalue weighted by Gasteiger charge is 2.33. The zero-order valence-corrected chi connectivity index (χ0v) is 27.0. The molecule has 0 saturated carbocycles. The van der Waals surface area contributed by atoms with Crippen molar-refractivity contribution < 1.29 is 28.5 Å². The second-order valence-corrected chi connectivity index (χ2v) is 11.8. The number of hydrogen-bond donors (Lipinski definition) is 0. The van der Waals surface area contributed by atoms with Crippen LogP contribution in [0, 0.1) is 0 Å². The Morgan fingerprint density at radius 3 is 1.49 bits per heavy atom. The van der Waals surface area contributed by atoms with Gasteiger partial charge in [-0.15, -0.1) is 0 Å². The highest BCUT2D eigenvalue weighted by atomic mass is 16.6. The number of hydrogen-bond acceptors (Lipinski definition) is 6. The van der Waals surface area contributed by atoms with Crippen LogP contribution >= 0.6 is 0 Å². The van der Waals surface area contributed by atoms with E-state index in [-0.39, 0.29) is 12.2 Å². The van der Waals surface area contributed by atoms with E-state index in [4.69, 9.17) is 23.7 Å². The lowest BCUT2D eigenvalue weighted by Gasteiger charge is -2.28. The Labute approximate surface area is 286 Å². The molecule has 0 radical (unpaired) electrons. The molecule has 0 unspecified atom stereocenters. The van der Waals surface area contributed by atoms with Crippen LogP contribution in [0.2, 0.25) is 0 Å². The molecule has 6 heteroatoms. The Kier molecular flexibility index (Phi) is 9.84. The number of carbonyl (C=O) groups excluding carboxylic acids is 1. The minimum Gasteiger partial charge on any atom is -0.489 e. The van der Waals surface area contributed by atoms with Gasteiger partial charge in [0.05, 0.1) is 0 Å². The third kappa shape index (κ3) is 8.11. The van der Waals surface area contributed by atoms with E-state index < -0.39 is 6.10 Å². The maximum Gasteiger partial charge on any atom is 0.182 e. The summed E-state index contributed by atoms with van der Waals surface area (Å²) in [6.07, 6.45) is -0.698. The van der Waals surface area contributed by atoms with E-state index in [2.05, 4.69) is 0 Å². The molecule has 1 atom stereocenters. The molecule has 6 nitrogen and oxygen atoms in total. The second-order valence-electron chi connectivity index (χ2n) is 11.8. The van der Waals surface area contributed by atoms with Crippen LogP contribution in [0.5, 0.6) is 28.7 Å².